The van der Waals surface area contributed by atoms with Crippen LogP contribution in [0, 0.1) is 0 Å². The first-order chi connectivity index (χ1) is 9.95. The van der Waals surface area contributed by atoms with E-state index >= 15 is 0 Å². The molecule has 1 N–H and O–H groups in total. The first-order valence-corrected chi connectivity index (χ1v) is 7.79. The van der Waals surface area contributed by atoms with Crippen LogP contribution in [0.5, 0.6) is 5.75 Å². The van der Waals surface area contributed by atoms with Crippen molar-refractivity contribution >= 4 is 23.6 Å². The van der Waals surface area contributed by atoms with Gasteiger partial charge >= 0.3 is 0 Å². The fourth-order valence-corrected chi connectivity index (χ4v) is 3.07. The highest BCUT2D eigenvalue weighted by molar-refractivity contribution is 8.00. The van der Waals surface area contributed by atoms with Gasteiger partial charge in [0.1, 0.15) is 11.3 Å². The first kappa shape index (κ1) is 15.7. The van der Waals surface area contributed by atoms with E-state index in [1.165, 1.54) is 11.8 Å². The van der Waals surface area contributed by atoms with Crippen molar-refractivity contribution in [2.75, 3.05) is 26.0 Å². The van der Waals surface area contributed by atoms with E-state index in [2.05, 4.69) is 5.32 Å². The predicted molar refractivity (Wildman–Crippen MR) is 82.5 cm³/mol. The van der Waals surface area contributed by atoms with Gasteiger partial charge in [-0.2, -0.15) is 0 Å². The van der Waals surface area contributed by atoms with Crippen molar-refractivity contribution in [1.29, 1.82) is 0 Å². The predicted octanol–water partition coefficient (Wildman–Crippen LogP) is 1.52. The maximum absolute atomic E-state index is 12.4. The maximum Gasteiger partial charge on any atom is 0.245 e. The van der Waals surface area contributed by atoms with Gasteiger partial charge in [0.05, 0.1) is 12.9 Å². The lowest BCUT2D eigenvalue weighted by molar-refractivity contribution is -0.147. The Kier molecular flexibility index (Phi) is 4.77. The summed E-state index contributed by atoms with van der Waals surface area (Å²) in [5.74, 6) is 0.949. The molecular weight excluding hydrogens is 288 g/mol. The third-order valence-corrected chi connectivity index (χ3v) is 4.53. The number of ether oxygens (including phenoxy) is 1. The van der Waals surface area contributed by atoms with E-state index in [1.807, 2.05) is 24.3 Å². The summed E-state index contributed by atoms with van der Waals surface area (Å²) in [5, 5.41) is 2.79. The van der Waals surface area contributed by atoms with Crippen molar-refractivity contribution in [1.82, 2.24) is 10.2 Å². The van der Waals surface area contributed by atoms with Crippen LogP contribution in [0.15, 0.2) is 29.2 Å². The number of carbonyl (C=O) groups is 2. The highest BCUT2D eigenvalue weighted by Crippen LogP contribution is 2.25. The zero-order valence-corrected chi connectivity index (χ0v) is 13.3. The third kappa shape index (κ3) is 3.50. The molecule has 21 heavy (non-hydrogen) atoms. The second kappa shape index (κ2) is 6.39. The number of benzene rings is 1. The lowest BCUT2D eigenvalue weighted by Gasteiger charge is -2.41. The van der Waals surface area contributed by atoms with E-state index in [4.69, 9.17) is 4.74 Å². The van der Waals surface area contributed by atoms with Crippen LogP contribution < -0.4 is 10.1 Å². The number of piperazine rings is 1. The Morgan fingerprint density at radius 1 is 1.48 bits per heavy atom. The van der Waals surface area contributed by atoms with Crippen molar-refractivity contribution < 1.29 is 14.3 Å². The zero-order valence-electron chi connectivity index (χ0n) is 12.5. The molecule has 1 saturated heterocycles. The van der Waals surface area contributed by atoms with Gasteiger partial charge in [0.15, 0.2) is 0 Å². The van der Waals surface area contributed by atoms with Crippen molar-refractivity contribution in [2.45, 2.75) is 24.3 Å². The number of nitrogens with zero attached hydrogens (tertiary/aromatic N) is 1. The Balaban J connectivity index is 1.99. The van der Waals surface area contributed by atoms with E-state index in [1.54, 1.807) is 25.9 Å². The smallest absolute Gasteiger partial charge is 0.245 e. The average molecular weight is 308 g/mol. The van der Waals surface area contributed by atoms with Gasteiger partial charge in [-0.25, -0.2) is 0 Å². The minimum absolute atomic E-state index is 0.0253. The normalized spacial score (nSPS) is 17.3. The fraction of sp³-hybridized carbons (Fsp3) is 0.467. The van der Waals surface area contributed by atoms with Gasteiger partial charge in [-0.3, -0.25) is 9.59 Å². The number of nitrogens with one attached hydrogen (secondary N) is 1. The Hall–Kier alpha value is -1.69. The highest BCUT2D eigenvalue weighted by Gasteiger charge is 2.40. The largest absolute Gasteiger partial charge is 0.497 e. The second-order valence-corrected chi connectivity index (χ2v) is 6.38. The van der Waals surface area contributed by atoms with Crippen molar-refractivity contribution in [3.63, 3.8) is 0 Å². The number of hydrogen-bond acceptors (Lipinski definition) is 4. The Morgan fingerprint density at radius 2 is 2.24 bits per heavy atom. The van der Waals surface area contributed by atoms with Gasteiger partial charge in [-0.1, -0.05) is 6.07 Å². The molecule has 1 aliphatic rings. The summed E-state index contributed by atoms with van der Waals surface area (Å²) in [4.78, 5) is 26.9. The van der Waals surface area contributed by atoms with E-state index in [0.717, 1.165) is 10.6 Å². The number of rotatable bonds is 4. The summed E-state index contributed by atoms with van der Waals surface area (Å²) in [6.07, 6.45) is 0. The molecule has 0 radical (unpaired) electrons. The summed E-state index contributed by atoms with van der Waals surface area (Å²) in [6.45, 7) is 4.61. The van der Waals surface area contributed by atoms with Gasteiger partial charge in [0.25, 0.3) is 0 Å². The van der Waals surface area contributed by atoms with Crippen LogP contribution in [0.4, 0.5) is 0 Å². The monoisotopic (exact) mass is 308 g/mol. The molecule has 6 heteroatoms. The molecule has 2 amide bonds. The SMILES string of the molecule is COc1cccc(SCC(=O)N2CCNC(=O)C2(C)C)c1. The van der Waals surface area contributed by atoms with Crippen LogP contribution in [0.1, 0.15) is 13.8 Å². The standard InChI is InChI=1S/C15H20N2O3S/c1-15(2)14(19)16-7-8-17(15)13(18)10-21-12-6-4-5-11(9-12)20-3/h4-6,9H,7-8,10H2,1-3H3,(H,16,19). The molecule has 2 rings (SSSR count). The lowest BCUT2D eigenvalue weighted by atomic mass is 9.99. The molecule has 0 unspecified atom stereocenters. The van der Waals surface area contributed by atoms with Gasteiger partial charge in [-0.15, -0.1) is 11.8 Å². The third-order valence-electron chi connectivity index (χ3n) is 3.56. The molecule has 0 saturated carbocycles. The molecule has 1 aromatic rings. The molecule has 5 nitrogen and oxygen atoms in total. The maximum atomic E-state index is 12.4. The van der Waals surface area contributed by atoms with Gasteiger partial charge < -0.3 is 15.0 Å². The number of thioether (sulfide) groups is 1. The van der Waals surface area contributed by atoms with Crippen molar-refractivity contribution in [3.05, 3.63) is 24.3 Å². The molecule has 1 aliphatic heterocycles. The van der Waals surface area contributed by atoms with Crippen LogP contribution in [0.2, 0.25) is 0 Å². The Morgan fingerprint density at radius 3 is 2.95 bits per heavy atom. The molecule has 0 atom stereocenters. The molecule has 0 spiro atoms. The van der Waals surface area contributed by atoms with Crippen LogP contribution in [-0.4, -0.2) is 48.2 Å². The summed E-state index contributed by atoms with van der Waals surface area (Å²) in [6, 6.07) is 7.59. The number of hydrogen-bond donors (Lipinski definition) is 1. The van der Waals surface area contributed by atoms with E-state index in [0.29, 0.717) is 18.8 Å². The van der Waals surface area contributed by atoms with Gasteiger partial charge in [-0.05, 0) is 32.0 Å². The van der Waals surface area contributed by atoms with Crippen LogP contribution >= 0.6 is 11.8 Å². The molecule has 1 fully saturated rings. The average Bonchev–Trinajstić information content (AvgIpc) is 2.48. The molecule has 1 heterocycles. The molecule has 0 aliphatic carbocycles. The number of carbonyl (C=O) groups excluding carboxylic acids is 2. The van der Waals surface area contributed by atoms with E-state index < -0.39 is 5.54 Å². The quantitative estimate of drug-likeness (QED) is 0.857. The van der Waals surface area contributed by atoms with Crippen molar-refractivity contribution in [2.24, 2.45) is 0 Å². The second-order valence-electron chi connectivity index (χ2n) is 5.33. The van der Waals surface area contributed by atoms with Crippen LogP contribution in [0.3, 0.4) is 0 Å². The van der Waals surface area contributed by atoms with E-state index in [-0.39, 0.29) is 11.8 Å². The molecule has 114 valence electrons. The molecule has 0 bridgehead atoms. The van der Waals surface area contributed by atoms with Crippen LogP contribution in [0.25, 0.3) is 0 Å². The van der Waals surface area contributed by atoms with Gasteiger partial charge in [0, 0.05) is 18.0 Å². The van der Waals surface area contributed by atoms with Gasteiger partial charge in [0.2, 0.25) is 11.8 Å². The Bertz CT molecular complexity index is 545. The first-order valence-electron chi connectivity index (χ1n) is 6.81. The topological polar surface area (TPSA) is 58.6 Å². The summed E-state index contributed by atoms with van der Waals surface area (Å²) >= 11 is 1.45. The van der Waals surface area contributed by atoms with E-state index in [9.17, 15) is 9.59 Å². The molecular formula is C15H20N2O3S. The Labute approximate surface area is 129 Å². The minimum Gasteiger partial charge on any atom is -0.497 e. The van der Waals surface area contributed by atoms with Crippen LogP contribution in [-0.2, 0) is 9.59 Å². The number of amides is 2. The molecule has 1 aromatic carbocycles. The highest BCUT2D eigenvalue weighted by atomic mass is 32.2. The minimum atomic E-state index is -0.787. The van der Waals surface area contributed by atoms with Crippen molar-refractivity contribution in [3.8, 4) is 5.75 Å². The fourth-order valence-electron chi connectivity index (χ4n) is 2.25. The molecule has 0 aromatic heterocycles. The summed E-state index contributed by atoms with van der Waals surface area (Å²) in [5.41, 5.74) is -0.787. The lowest BCUT2D eigenvalue weighted by Crippen LogP contribution is -2.63. The summed E-state index contributed by atoms with van der Waals surface area (Å²) in [7, 11) is 1.61. The summed E-state index contributed by atoms with van der Waals surface area (Å²) < 4.78 is 5.16. The number of methoxy groups -OCH3 is 1. The zero-order chi connectivity index (χ0) is 15.5.